The maximum absolute atomic E-state index is 11.6. The van der Waals surface area contributed by atoms with E-state index >= 15 is 0 Å². The van der Waals surface area contributed by atoms with Gasteiger partial charge in [-0.25, -0.2) is 4.98 Å². The number of fused-ring (bicyclic) bond motifs is 1. The van der Waals surface area contributed by atoms with Gasteiger partial charge in [-0.2, -0.15) is 0 Å². The van der Waals surface area contributed by atoms with Crippen LogP contribution in [0.25, 0.3) is 11.3 Å². The van der Waals surface area contributed by atoms with E-state index in [2.05, 4.69) is 15.3 Å². The highest BCUT2D eigenvalue weighted by Gasteiger charge is 2.18. The zero-order valence-electron chi connectivity index (χ0n) is 9.68. The van der Waals surface area contributed by atoms with Crippen molar-refractivity contribution in [1.29, 1.82) is 0 Å². The van der Waals surface area contributed by atoms with E-state index in [1.165, 1.54) is 0 Å². The van der Waals surface area contributed by atoms with Crippen molar-refractivity contribution in [1.82, 2.24) is 15.3 Å². The molecule has 0 bridgehead atoms. The fourth-order valence-corrected chi connectivity index (χ4v) is 2.10. The molecule has 0 radical (unpaired) electrons. The summed E-state index contributed by atoms with van der Waals surface area (Å²) in [6, 6.07) is 5.61. The Balaban J connectivity index is 2.10. The lowest BCUT2D eigenvalue weighted by atomic mass is 10.00. The summed E-state index contributed by atoms with van der Waals surface area (Å²) in [5.41, 5.74) is 9.03. The fourth-order valence-electron chi connectivity index (χ4n) is 2.10. The lowest BCUT2D eigenvalue weighted by Gasteiger charge is -2.16. The lowest BCUT2D eigenvalue weighted by Crippen LogP contribution is -2.31. The molecule has 0 atom stereocenters. The first-order valence-electron chi connectivity index (χ1n) is 5.73. The largest absolute Gasteiger partial charge is 0.383 e. The number of nitrogens with one attached hydrogen (secondary N) is 1. The van der Waals surface area contributed by atoms with Crippen molar-refractivity contribution in [2.75, 3.05) is 12.3 Å². The summed E-state index contributed by atoms with van der Waals surface area (Å²) in [7, 11) is 0. The number of nitrogens with two attached hydrogens (primary N) is 1. The van der Waals surface area contributed by atoms with E-state index in [1.54, 1.807) is 12.4 Å². The quantitative estimate of drug-likeness (QED) is 0.779. The van der Waals surface area contributed by atoms with Crippen molar-refractivity contribution < 1.29 is 4.79 Å². The minimum Gasteiger partial charge on any atom is -0.383 e. The van der Waals surface area contributed by atoms with Crippen LogP contribution in [0, 0.1) is 0 Å². The molecular weight excluding hydrogens is 228 g/mol. The van der Waals surface area contributed by atoms with Gasteiger partial charge in [-0.3, -0.25) is 9.78 Å². The molecule has 18 heavy (non-hydrogen) atoms. The normalized spacial score (nSPS) is 13.9. The van der Waals surface area contributed by atoms with Gasteiger partial charge in [-0.1, -0.05) is 0 Å². The summed E-state index contributed by atoms with van der Waals surface area (Å²) in [5.74, 6) is 0.389. The minimum atomic E-state index is -0.0607. The zero-order chi connectivity index (χ0) is 12.5. The molecule has 0 aromatic carbocycles. The molecule has 0 saturated carbocycles. The van der Waals surface area contributed by atoms with E-state index in [0.717, 1.165) is 23.2 Å². The van der Waals surface area contributed by atoms with E-state index < -0.39 is 0 Å². The number of pyridine rings is 2. The van der Waals surface area contributed by atoms with E-state index in [1.807, 2.05) is 18.2 Å². The molecule has 0 fully saturated rings. The van der Waals surface area contributed by atoms with Crippen LogP contribution in [0.5, 0.6) is 0 Å². The molecule has 0 spiro atoms. The molecule has 5 nitrogen and oxygen atoms in total. The van der Waals surface area contributed by atoms with Crippen LogP contribution in [0.1, 0.15) is 15.9 Å². The first-order chi connectivity index (χ1) is 8.75. The Hall–Kier alpha value is -2.43. The Morgan fingerprint density at radius 1 is 1.28 bits per heavy atom. The Bertz CT molecular complexity index is 624. The van der Waals surface area contributed by atoms with Gasteiger partial charge in [0.15, 0.2) is 0 Å². The second-order valence-corrected chi connectivity index (χ2v) is 4.17. The third-order valence-corrected chi connectivity index (χ3v) is 3.03. The molecule has 0 unspecified atom stereocenters. The first kappa shape index (κ1) is 10.7. The molecule has 0 aliphatic carbocycles. The van der Waals surface area contributed by atoms with Gasteiger partial charge in [-0.15, -0.1) is 0 Å². The zero-order valence-corrected chi connectivity index (χ0v) is 9.68. The van der Waals surface area contributed by atoms with Gasteiger partial charge in [0, 0.05) is 24.5 Å². The maximum atomic E-state index is 11.6. The summed E-state index contributed by atoms with van der Waals surface area (Å²) in [6.45, 7) is 0.664. The van der Waals surface area contributed by atoms with Gasteiger partial charge in [0.1, 0.15) is 5.82 Å². The third kappa shape index (κ3) is 1.69. The number of nitrogen functional groups attached to an aromatic ring is 1. The van der Waals surface area contributed by atoms with Gasteiger partial charge in [-0.05, 0) is 30.2 Å². The Kier molecular flexibility index (Phi) is 2.44. The summed E-state index contributed by atoms with van der Waals surface area (Å²) < 4.78 is 0. The first-order valence-corrected chi connectivity index (χ1v) is 5.73. The average molecular weight is 240 g/mol. The molecular formula is C13H12N4O. The summed E-state index contributed by atoms with van der Waals surface area (Å²) >= 11 is 0. The molecule has 2 aromatic rings. The number of anilines is 1. The summed E-state index contributed by atoms with van der Waals surface area (Å²) in [5, 5.41) is 2.79. The van der Waals surface area contributed by atoms with Gasteiger partial charge in [0.05, 0.1) is 11.3 Å². The Morgan fingerprint density at radius 2 is 2.17 bits per heavy atom. The molecule has 1 amide bonds. The van der Waals surface area contributed by atoms with E-state index in [4.69, 9.17) is 5.73 Å². The van der Waals surface area contributed by atoms with Crippen LogP contribution in [-0.4, -0.2) is 22.4 Å². The number of nitrogens with zero attached hydrogens (tertiary/aromatic N) is 2. The molecule has 1 aliphatic heterocycles. The fraction of sp³-hybridized carbons (Fsp3) is 0.154. The summed E-state index contributed by atoms with van der Waals surface area (Å²) in [6.07, 6.45) is 4.06. The molecule has 3 heterocycles. The van der Waals surface area contributed by atoms with Crippen molar-refractivity contribution in [3.05, 3.63) is 41.7 Å². The number of carbonyl (C=O) groups is 1. The van der Waals surface area contributed by atoms with Crippen molar-refractivity contribution in [3.63, 3.8) is 0 Å². The average Bonchev–Trinajstić information content (AvgIpc) is 2.39. The Morgan fingerprint density at radius 3 is 3.00 bits per heavy atom. The van der Waals surface area contributed by atoms with E-state index in [-0.39, 0.29) is 5.91 Å². The second kappa shape index (κ2) is 4.10. The van der Waals surface area contributed by atoms with Crippen LogP contribution in [0.3, 0.4) is 0 Å². The topological polar surface area (TPSA) is 80.9 Å². The number of hydrogen-bond acceptors (Lipinski definition) is 4. The van der Waals surface area contributed by atoms with Crippen LogP contribution in [-0.2, 0) is 6.42 Å². The number of carbonyl (C=O) groups excluding carboxylic acids is 1. The van der Waals surface area contributed by atoms with E-state index in [0.29, 0.717) is 17.9 Å². The molecule has 90 valence electrons. The second-order valence-electron chi connectivity index (χ2n) is 4.17. The minimum absolute atomic E-state index is 0.0607. The van der Waals surface area contributed by atoms with Crippen LogP contribution in [0.15, 0.2) is 30.6 Å². The predicted octanol–water partition coefficient (Wildman–Crippen LogP) is 1.01. The van der Waals surface area contributed by atoms with Crippen molar-refractivity contribution in [2.24, 2.45) is 0 Å². The monoisotopic (exact) mass is 240 g/mol. The van der Waals surface area contributed by atoms with Gasteiger partial charge in [0.25, 0.3) is 5.91 Å². The van der Waals surface area contributed by atoms with Crippen LogP contribution >= 0.6 is 0 Å². The molecule has 2 aromatic heterocycles. The van der Waals surface area contributed by atoms with Crippen molar-refractivity contribution >= 4 is 11.7 Å². The molecule has 5 heteroatoms. The van der Waals surface area contributed by atoms with Crippen LogP contribution < -0.4 is 11.1 Å². The third-order valence-electron chi connectivity index (χ3n) is 3.03. The predicted molar refractivity (Wildman–Crippen MR) is 67.9 cm³/mol. The van der Waals surface area contributed by atoms with Gasteiger partial charge < -0.3 is 11.1 Å². The highest BCUT2D eigenvalue weighted by Crippen LogP contribution is 2.24. The number of aromatic nitrogens is 2. The molecule has 1 aliphatic rings. The standard InChI is InChI=1S/C13H12N4O/c14-12-9(2-1-4-15-12)11-6-8-3-5-16-13(18)10(8)7-17-11/h1-2,4,6-7H,3,5H2,(H2,14,15)(H,16,18). The van der Waals surface area contributed by atoms with Crippen molar-refractivity contribution in [3.8, 4) is 11.3 Å². The Labute approximate surface area is 104 Å². The van der Waals surface area contributed by atoms with E-state index in [9.17, 15) is 4.79 Å². The molecule has 0 saturated heterocycles. The smallest absolute Gasteiger partial charge is 0.253 e. The number of rotatable bonds is 1. The van der Waals surface area contributed by atoms with Crippen LogP contribution in [0.4, 0.5) is 5.82 Å². The van der Waals surface area contributed by atoms with Crippen molar-refractivity contribution in [2.45, 2.75) is 6.42 Å². The van der Waals surface area contributed by atoms with Gasteiger partial charge >= 0.3 is 0 Å². The maximum Gasteiger partial charge on any atom is 0.253 e. The number of amides is 1. The summed E-state index contributed by atoms with van der Waals surface area (Å²) in [4.78, 5) is 19.9. The van der Waals surface area contributed by atoms with Crippen LogP contribution in [0.2, 0.25) is 0 Å². The number of hydrogen-bond donors (Lipinski definition) is 2. The SMILES string of the molecule is Nc1ncccc1-c1cc2c(cn1)C(=O)NCC2. The highest BCUT2D eigenvalue weighted by atomic mass is 16.1. The molecule has 3 rings (SSSR count). The molecule has 3 N–H and O–H groups in total. The van der Waals surface area contributed by atoms with Gasteiger partial charge in [0.2, 0.25) is 0 Å². The lowest BCUT2D eigenvalue weighted by molar-refractivity contribution is 0.0945. The highest BCUT2D eigenvalue weighted by molar-refractivity contribution is 5.96.